The van der Waals surface area contributed by atoms with E-state index in [4.69, 9.17) is 0 Å². The molecule has 5 nitrogen and oxygen atoms in total. The summed E-state index contributed by atoms with van der Waals surface area (Å²) in [7, 11) is 3.82. The second-order valence-electron chi connectivity index (χ2n) is 4.84. The standard InChI is InChI=1S/C14H19N5/c1-9-6-7-12(10(2)8-9)17-13-15-11(3)16-14(18-13)19(4)5/h6-8H,1-5H3,(H,15,16,17,18). The van der Waals surface area contributed by atoms with Crippen molar-refractivity contribution in [2.45, 2.75) is 20.8 Å². The van der Waals surface area contributed by atoms with E-state index in [-0.39, 0.29) is 0 Å². The maximum absolute atomic E-state index is 4.38. The fourth-order valence-corrected chi connectivity index (χ4v) is 1.80. The average molecular weight is 257 g/mol. The monoisotopic (exact) mass is 257 g/mol. The summed E-state index contributed by atoms with van der Waals surface area (Å²) in [5.74, 6) is 1.92. The molecule has 100 valence electrons. The van der Waals surface area contributed by atoms with Crippen LogP contribution in [-0.2, 0) is 0 Å². The molecule has 0 aliphatic rings. The van der Waals surface area contributed by atoms with E-state index in [1.54, 1.807) is 0 Å². The summed E-state index contributed by atoms with van der Waals surface area (Å²) >= 11 is 0. The first-order chi connectivity index (χ1) is 8.95. The number of aryl methyl sites for hydroxylation is 3. The predicted octanol–water partition coefficient (Wildman–Crippen LogP) is 2.61. The third-order valence-electron chi connectivity index (χ3n) is 2.76. The molecule has 1 aromatic carbocycles. The van der Waals surface area contributed by atoms with Crippen LogP contribution in [0.3, 0.4) is 0 Å². The van der Waals surface area contributed by atoms with E-state index in [1.807, 2.05) is 32.0 Å². The van der Waals surface area contributed by atoms with E-state index >= 15 is 0 Å². The summed E-state index contributed by atoms with van der Waals surface area (Å²) in [6, 6.07) is 6.23. The Balaban J connectivity index is 2.32. The van der Waals surface area contributed by atoms with Gasteiger partial charge in [-0.1, -0.05) is 17.7 Å². The zero-order valence-corrected chi connectivity index (χ0v) is 12.0. The van der Waals surface area contributed by atoms with E-state index in [0.29, 0.717) is 17.7 Å². The van der Waals surface area contributed by atoms with Gasteiger partial charge < -0.3 is 10.2 Å². The molecule has 2 rings (SSSR count). The van der Waals surface area contributed by atoms with Crippen molar-refractivity contribution >= 4 is 17.6 Å². The third kappa shape index (κ3) is 3.19. The van der Waals surface area contributed by atoms with Gasteiger partial charge in [0, 0.05) is 19.8 Å². The summed E-state index contributed by atoms with van der Waals surface area (Å²) in [6.07, 6.45) is 0. The Labute approximate surface area is 113 Å². The third-order valence-corrected chi connectivity index (χ3v) is 2.76. The Morgan fingerprint density at radius 1 is 1.00 bits per heavy atom. The largest absolute Gasteiger partial charge is 0.347 e. The summed E-state index contributed by atoms with van der Waals surface area (Å²) in [5.41, 5.74) is 3.43. The van der Waals surface area contributed by atoms with E-state index in [9.17, 15) is 0 Å². The fraction of sp³-hybridized carbons (Fsp3) is 0.357. The zero-order valence-electron chi connectivity index (χ0n) is 12.0. The molecule has 2 aromatic rings. The Kier molecular flexibility index (Phi) is 3.64. The van der Waals surface area contributed by atoms with Crippen molar-refractivity contribution in [2.75, 3.05) is 24.3 Å². The van der Waals surface area contributed by atoms with Crippen molar-refractivity contribution in [3.63, 3.8) is 0 Å². The molecule has 5 heteroatoms. The van der Waals surface area contributed by atoms with Gasteiger partial charge in [0.25, 0.3) is 0 Å². The van der Waals surface area contributed by atoms with Gasteiger partial charge in [-0.25, -0.2) is 0 Å². The average Bonchev–Trinajstić information content (AvgIpc) is 2.32. The molecule has 0 radical (unpaired) electrons. The van der Waals surface area contributed by atoms with E-state index in [0.717, 1.165) is 5.69 Å². The summed E-state index contributed by atoms with van der Waals surface area (Å²) in [5, 5.41) is 3.25. The Hall–Kier alpha value is -2.17. The molecular weight excluding hydrogens is 238 g/mol. The highest BCUT2D eigenvalue weighted by atomic mass is 15.3. The minimum atomic E-state index is 0.572. The number of nitrogens with one attached hydrogen (secondary N) is 1. The number of hydrogen-bond acceptors (Lipinski definition) is 5. The van der Waals surface area contributed by atoms with Gasteiger partial charge in [0.05, 0.1) is 0 Å². The van der Waals surface area contributed by atoms with E-state index in [2.05, 4.69) is 46.2 Å². The van der Waals surface area contributed by atoms with Crippen LogP contribution in [0.25, 0.3) is 0 Å². The SMILES string of the molecule is Cc1ccc(Nc2nc(C)nc(N(C)C)n2)c(C)c1. The molecule has 0 saturated carbocycles. The van der Waals surface area contributed by atoms with Crippen molar-refractivity contribution < 1.29 is 0 Å². The van der Waals surface area contributed by atoms with Crippen molar-refractivity contribution in [1.29, 1.82) is 0 Å². The molecule has 0 atom stereocenters. The lowest BCUT2D eigenvalue weighted by molar-refractivity contribution is 0.923. The number of benzene rings is 1. The molecule has 1 N–H and O–H groups in total. The van der Waals surface area contributed by atoms with Crippen LogP contribution in [0, 0.1) is 20.8 Å². The lowest BCUT2D eigenvalue weighted by Crippen LogP contribution is -2.15. The molecule has 0 aliphatic heterocycles. The number of nitrogens with zero attached hydrogens (tertiary/aromatic N) is 4. The number of hydrogen-bond donors (Lipinski definition) is 1. The van der Waals surface area contributed by atoms with Gasteiger partial charge in [-0.2, -0.15) is 15.0 Å². The van der Waals surface area contributed by atoms with Crippen LogP contribution < -0.4 is 10.2 Å². The molecule has 0 saturated heterocycles. The van der Waals surface area contributed by atoms with Crippen LogP contribution in [-0.4, -0.2) is 29.0 Å². The highest BCUT2D eigenvalue weighted by molar-refractivity contribution is 5.59. The second-order valence-corrected chi connectivity index (χ2v) is 4.84. The van der Waals surface area contributed by atoms with Crippen molar-refractivity contribution in [2.24, 2.45) is 0 Å². The normalized spacial score (nSPS) is 10.4. The van der Waals surface area contributed by atoms with E-state index in [1.165, 1.54) is 11.1 Å². The highest BCUT2D eigenvalue weighted by Crippen LogP contribution is 2.20. The first-order valence-corrected chi connectivity index (χ1v) is 6.20. The van der Waals surface area contributed by atoms with Crippen molar-refractivity contribution in [3.05, 3.63) is 35.2 Å². The van der Waals surface area contributed by atoms with Gasteiger partial charge >= 0.3 is 0 Å². The second kappa shape index (κ2) is 5.22. The maximum Gasteiger partial charge on any atom is 0.232 e. The first-order valence-electron chi connectivity index (χ1n) is 6.20. The molecule has 19 heavy (non-hydrogen) atoms. The van der Waals surface area contributed by atoms with Crippen LogP contribution in [0.2, 0.25) is 0 Å². The summed E-state index contributed by atoms with van der Waals surface area (Å²) < 4.78 is 0. The number of aromatic nitrogens is 3. The molecule has 0 aliphatic carbocycles. The Morgan fingerprint density at radius 3 is 2.37 bits per heavy atom. The van der Waals surface area contributed by atoms with Crippen LogP contribution in [0.15, 0.2) is 18.2 Å². The minimum absolute atomic E-state index is 0.572. The van der Waals surface area contributed by atoms with Gasteiger partial charge in [0.1, 0.15) is 5.82 Å². The zero-order chi connectivity index (χ0) is 14.0. The maximum atomic E-state index is 4.38. The van der Waals surface area contributed by atoms with Gasteiger partial charge in [-0.3, -0.25) is 0 Å². The van der Waals surface area contributed by atoms with E-state index < -0.39 is 0 Å². The van der Waals surface area contributed by atoms with Crippen LogP contribution in [0.5, 0.6) is 0 Å². The smallest absolute Gasteiger partial charge is 0.232 e. The molecule has 1 aromatic heterocycles. The number of anilines is 3. The lowest BCUT2D eigenvalue weighted by Gasteiger charge is -2.13. The highest BCUT2D eigenvalue weighted by Gasteiger charge is 2.07. The van der Waals surface area contributed by atoms with Crippen LogP contribution >= 0.6 is 0 Å². The van der Waals surface area contributed by atoms with Gasteiger partial charge in [0.2, 0.25) is 11.9 Å². The molecule has 0 spiro atoms. The van der Waals surface area contributed by atoms with Gasteiger partial charge in [-0.05, 0) is 32.4 Å². The fourth-order valence-electron chi connectivity index (χ4n) is 1.80. The quantitative estimate of drug-likeness (QED) is 0.916. The van der Waals surface area contributed by atoms with Crippen LogP contribution in [0.1, 0.15) is 17.0 Å². The van der Waals surface area contributed by atoms with Crippen molar-refractivity contribution in [1.82, 2.24) is 15.0 Å². The topological polar surface area (TPSA) is 53.9 Å². The molecule has 1 heterocycles. The first kappa shape index (κ1) is 13.3. The molecule has 0 unspecified atom stereocenters. The molecule has 0 amide bonds. The summed E-state index contributed by atoms with van der Waals surface area (Å²) in [4.78, 5) is 14.8. The lowest BCUT2D eigenvalue weighted by atomic mass is 10.1. The molecular formula is C14H19N5. The molecule has 0 bridgehead atoms. The Morgan fingerprint density at radius 2 is 1.74 bits per heavy atom. The summed E-state index contributed by atoms with van der Waals surface area (Å²) in [6.45, 7) is 6.01. The number of rotatable bonds is 3. The molecule has 0 fully saturated rings. The minimum Gasteiger partial charge on any atom is -0.347 e. The van der Waals surface area contributed by atoms with Gasteiger partial charge in [0.15, 0.2) is 0 Å². The Bertz CT molecular complexity index is 592. The van der Waals surface area contributed by atoms with Gasteiger partial charge in [-0.15, -0.1) is 0 Å². The van der Waals surface area contributed by atoms with Crippen molar-refractivity contribution in [3.8, 4) is 0 Å². The van der Waals surface area contributed by atoms with Crippen LogP contribution in [0.4, 0.5) is 17.6 Å². The predicted molar refractivity (Wildman–Crippen MR) is 78.1 cm³/mol.